The van der Waals surface area contributed by atoms with Crippen LogP contribution in [0.4, 0.5) is 4.79 Å². The van der Waals surface area contributed by atoms with E-state index in [1.54, 1.807) is 4.90 Å². The van der Waals surface area contributed by atoms with Gasteiger partial charge >= 0.3 is 6.03 Å². The Bertz CT molecular complexity index is 986. The fraction of sp³-hybridized carbons (Fsp3) is 0.560. The Labute approximate surface area is 203 Å². The highest BCUT2D eigenvalue weighted by atomic mass is 28.3. The first-order valence-electron chi connectivity index (χ1n) is 12.0. The first-order chi connectivity index (χ1) is 15.9. The molecule has 0 saturated heterocycles. The van der Waals surface area contributed by atoms with E-state index in [9.17, 15) is 14.7 Å². The van der Waals surface area contributed by atoms with Crippen LogP contribution in [0.5, 0.6) is 0 Å². The minimum atomic E-state index is -1.80. The van der Waals surface area contributed by atoms with Crippen LogP contribution in [0.1, 0.15) is 51.6 Å². The number of nitrogens with one attached hydrogen (secondary N) is 3. The van der Waals surface area contributed by atoms with Gasteiger partial charge in [0.2, 0.25) is 5.91 Å². The summed E-state index contributed by atoms with van der Waals surface area (Å²) in [5, 5.41) is 23.9. The number of nitrogens with two attached hydrogens (primary N) is 1. The molecular formula is C25H39N5O3Si. The van der Waals surface area contributed by atoms with Crippen LogP contribution in [0, 0.1) is 5.41 Å². The van der Waals surface area contributed by atoms with E-state index in [0.717, 1.165) is 30.9 Å². The minimum absolute atomic E-state index is 0.0279. The van der Waals surface area contributed by atoms with Crippen molar-refractivity contribution in [1.29, 1.82) is 5.41 Å². The van der Waals surface area contributed by atoms with Gasteiger partial charge in [-0.1, -0.05) is 62.8 Å². The number of nitrogens with zero attached hydrogens (tertiary/aromatic N) is 1. The van der Waals surface area contributed by atoms with Gasteiger partial charge in [0.05, 0.1) is 32.8 Å². The lowest BCUT2D eigenvalue weighted by Gasteiger charge is -2.50. The zero-order chi connectivity index (χ0) is 25.3. The topological polar surface area (TPSA) is 132 Å². The highest BCUT2D eigenvalue weighted by molar-refractivity contribution is 6.83. The van der Waals surface area contributed by atoms with Gasteiger partial charge in [-0.2, -0.15) is 0 Å². The number of amides is 3. The molecule has 1 aliphatic heterocycles. The zero-order valence-corrected chi connectivity index (χ0v) is 22.0. The standard InChI is InChI=1S/C25H39N5O3Si/c1-6-34(4,5)25(13-10-14-25)22(32)29-21(27)18-15-30(24(2,3)20(18)26)23(33)28-19(16-31)17-11-8-7-9-12-17/h7-9,11-12,19,31H,6,10,13-16,26H2,1-5H3,(H,28,33)(H2,27,29,32)/t19-/m1/s1. The molecule has 0 bridgehead atoms. The highest BCUT2D eigenvalue weighted by Gasteiger charge is 2.55. The van der Waals surface area contributed by atoms with E-state index in [1.165, 1.54) is 0 Å². The molecule has 1 heterocycles. The number of benzene rings is 1. The Morgan fingerprint density at radius 3 is 2.35 bits per heavy atom. The summed E-state index contributed by atoms with van der Waals surface area (Å²) in [6.07, 6.45) is 2.78. The van der Waals surface area contributed by atoms with Crippen molar-refractivity contribution >= 4 is 25.8 Å². The summed E-state index contributed by atoms with van der Waals surface area (Å²) >= 11 is 0. The summed E-state index contributed by atoms with van der Waals surface area (Å²) in [5.74, 6) is -0.104. The third-order valence-electron chi connectivity index (χ3n) is 8.26. The molecule has 1 aliphatic carbocycles. The van der Waals surface area contributed by atoms with E-state index < -0.39 is 19.7 Å². The fourth-order valence-electron chi connectivity index (χ4n) is 5.03. The molecule has 2 aliphatic rings. The third-order valence-corrected chi connectivity index (χ3v) is 13.3. The second-order valence-electron chi connectivity index (χ2n) is 10.6. The third kappa shape index (κ3) is 4.38. The summed E-state index contributed by atoms with van der Waals surface area (Å²) in [6.45, 7) is 10.2. The molecule has 0 spiro atoms. The van der Waals surface area contributed by atoms with Crippen molar-refractivity contribution in [3.63, 3.8) is 0 Å². The van der Waals surface area contributed by atoms with Crippen molar-refractivity contribution in [2.24, 2.45) is 5.73 Å². The van der Waals surface area contributed by atoms with E-state index in [-0.39, 0.29) is 36.0 Å². The maximum Gasteiger partial charge on any atom is 0.319 e. The van der Waals surface area contributed by atoms with E-state index in [0.29, 0.717) is 11.3 Å². The molecule has 8 nitrogen and oxygen atoms in total. The molecule has 186 valence electrons. The van der Waals surface area contributed by atoms with E-state index in [1.807, 2.05) is 44.2 Å². The molecular weight excluding hydrogens is 446 g/mol. The Kier molecular flexibility index (Phi) is 7.28. The monoisotopic (exact) mass is 485 g/mol. The second kappa shape index (κ2) is 9.54. The summed E-state index contributed by atoms with van der Waals surface area (Å²) in [6, 6.07) is 9.32. The molecule has 1 aromatic carbocycles. The Morgan fingerprint density at radius 1 is 1.24 bits per heavy atom. The predicted molar refractivity (Wildman–Crippen MR) is 137 cm³/mol. The van der Waals surface area contributed by atoms with Crippen molar-refractivity contribution in [3.8, 4) is 0 Å². The number of aliphatic hydroxyl groups is 1. The van der Waals surface area contributed by atoms with Crippen molar-refractivity contribution in [3.05, 3.63) is 47.2 Å². The molecule has 1 aromatic rings. The molecule has 3 rings (SSSR count). The van der Waals surface area contributed by atoms with Crippen molar-refractivity contribution in [2.75, 3.05) is 13.2 Å². The highest BCUT2D eigenvalue weighted by Crippen LogP contribution is 2.56. The SMILES string of the molecule is CC[Si](C)(C)C1(C(=O)NC(=N)C2=C(N)C(C)(C)N(C(=O)N[C@H](CO)c3ccccc3)C2)CCC1. The Balaban J connectivity index is 1.74. The van der Waals surface area contributed by atoms with E-state index in [4.69, 9.17) is 11.1 Å². The quantitative estimate of drug-likeness (QED) is 0.230. The van der Waals surface area contributed by atoms with Crippen LogP contribution in [0.15, 0.2) is 41.6 Å². The van der Waals surface area contributed by atoms with Crippen LogP contribution in [-0.4, -0.2) is 54.5 Å². The second-order valence-corrected chi connectivity index (χ2v) is 16.1. The number of hydrogen-bond donors (Lipinski definition) is 5. The van der Waals surface area contributed by atoms with Crippen molar-refractivity contribution < 1.29 is 14.7 Å². The van der Waals surface area contributed by atoms with E-state index >= 15 is 0 Å². The van der Waals surface area contributed by atoms with Gasteiger partial charge in [0, 0.05) is 16.3 Å². The number of hydrogen-bond acceptors (Lipinski definition) is 5. The Morgan fingerprint density at radius 2 is 1.85 bits per heavy atom. The average Bonchev–Trinajstić information content (AvgIpc) is 3.00. The number of aliphatic hydroxyl groups excluding tert-OH is 1. The predicted octanol–water partition coefficient (Wildman–Crippen LogP) is 3.48. The number of carbonyl (C=O) groups is 2. The lowest BCUT2D eigenvalue weighted by Crippen LogP contribution is -2.56. The summed E-state index contributed by atoms with van der Waals surface area (Å²) in [4.78, 5) is 28.1. The normalized spacial score (nSPS) is 19.9. The number of amidine groups is 1. The van der Waals surface area contributed by atoms with Crippen LogP contribution in [0.25, 0.3) is 0 Å². The molecule has 1 fully saturated rings. The van der Waals surface area contributed by atoms with Gasteiger partial charge in [-0.3, -0.25) is 10.2 Å². The van der Waals surface area contributed by atoms with Gasteiger partial charge < -0.3 is 26.4 Å². The van der Waals surface area contributed by atoms with Crippen LogP contribution >= 0.6 is 0 Å². The van der Waals surface area contributed by atoms with Crippen LogP contribution in [0.3, 0.4) is 0 Å². The maximum absolute atomic E-state index is 13.3. The molecule has 0 unspecified atom stereocenters. The van der Waals surface area contributed by atoms with Crippen molar-refractivity contribution in [2.45, 2.75) is 75.8 Å². The van der Waals surface area contributed by atoms with E-state index in [2.05, 4.69) is 30.7 Å². The van der Waals surface area contributed by atoms with Gasteiger partial charge in [0.1, 0.15) is 5.84 Å². The minimum Gasteiger partial charge on any atom is -0.400 e. The first-order valence-corrected chi connectivity index (χ1v) is 15.3. The molecule has 0 aromatic heterocycles. The summed E-state index contributed by atoms with van der Waals surface area (Å²) < 4.78 is 0. The average molecular weight is 486 g/mol. The van der Waals surface area contributed by atoms with Crippen LogP contribution in [0.2, 0.25) is 24.2 Å². The van der Waals surface area contributed by atoms with Crippen LogP contribution in [-0.2, 0) is 4.79 Å². The van der Waals surface area contributed by atoms with Crippen molar-refractivity contribution in [1.82, 2.24) is 15.5 Å². The lowest BCUT2D eigenvalue weighted by atomic mass is 9.83. The molecule has 3 amide bonds. The summed E-state index contributed by atoms with van der Waals surface area (Å²) in [7, 11) is -1.80. The smallest absolute Gasteiger partial charge is 0.319 e. The largest absolute Gasteiger partial charge is 0.400 e. The number of carbonyl (C=O) groups excluding carboxylic acids is 2. The number of rotatable bonds is 7. The van der Waals surface area contributed by atoms with Gasteiger partial charge in [-0.15, -0.1) is 0 Å². The molecule has 6 N–H and O–H groups in total. The maximum atomic E-state index is 13.3. The molecule has 1 atom stereocenters. The first kappa shape index (κ1) is 26.0. The molecule has 0 radical (unpaired) electrons. The van der Waals surface area contributed by atoms with Gasteiger partial charge in [0.25, 0.3) is 0 Å². The molecule has 34 heavy (non-hydrogen) atoms. The van der Waals surface area contributed by atoms with Gasteiger partial charge in [-0.05, 0) is 32.3 Å². The Hall–Kier alpha value is -2.65. The lowest BCUT2D eigenvalue weighted by molar-refractivity contribution is -0.125. The molecule has 9 heteroatoms. The zero-order valence-electron chi connectivity index (χ0n) is 21.0. The van der Waals surface area contributed by atoms with Gasteiger partial charge in [0.15, 0.2) is 0 Å². The summed E-state index contributed by atoms with van der Waals surface area (Å²) in [5.41, 5.74) is 7.23. The molecule has 1 saturated carbocycles. The van der Waals surface area contributed by atoms with Gasteiger partial charge in [-0.25, -0.2) is 4.79 Å². The number of urea groups is 1. The fourth-order valence-corrected chi connectivity index (χ4v) is 8.09. The van der Waals surface area contributed by atoms with Crippen LogP contribution < -0.4 is 16.4 Å².